The van der Waals surface area contributed by atoms with Crippen molar-refractivity contribution >= 4 is 23.2 Å². The molecule has 1 heterocycles. The molecule has 1 fully saturated rings. The highest BCUT2D eigenvalue weighted by Crippen LogP contribution is 2.01. The third-order valence-electron chi connectivity index (χ3n) is 2.27. The van der Waals surface area contributed by atoms with E-state index in [9.17, 15) is 4.79 Å². The van der Waals surface area contributed by atoms with E-state index < -0.39 is 0 Å². The molecule has 1 rings (SSSR count). The van der Waals surface area contributed by atoms with E-state index in [2.05, 4.69) is 12.2 Å². The van der Waals surface area contributed by atoms with E-state index in [-0.39, 0.29) is 5.91 Å². The van der Waals surface area contributed by atoms with Crippen LogP contribution in [0.4, 0.5) is 0 Å². The molecule has 1 N–H and O–H groups in total. The second-order valence-electron chi connectivity index (χ2n) is 3.47. The van der Waals surface area contributed by atoms with Gasteiger partial charge in [0.1, 0.15) is 0 Å². The van der Waals surface area contributed by atoms with Crippen molar-refractivity contribution < 1.29 is 4.79 Å². The van der Waals surface area contributed by atoms with E-state index in [1.165, 1.54) is 0 Å². The van der Waals surface area contributed by atoms with Crippen molar-refractivity contribution in [3.05, 3.63) is 0 Å². The number of nitrogens with zero attached hydrogens (tertiary/aromatic N) is 2. The van der Waals surface area contributed by atoms with Gasteiger partial charge in [-0.3, -0.25) is 4.79 Å². The smallest absolute Gasteiger partial charge is 0.241 e. The molecular weight excluding hydrogens is 198 g/mol. The van der Waals surface area contributed by atoms with Crippen LogP contribution in [0.1, 0.15) is 13.3 Å². The van der Waals surface area contributed by atoms with Crippen LogP contribution in [0.15, 0.2) is 0 Å². The molecule has 0 aromatic heterocycles. The first-order chi connectivity index (χ1) is 6.65. The molecular formula is C9H17N3OS. The van der Waals surface area contributed by atoms with Crippen LogP contribution in [-0.2, 0) is 4.79 Å². The van der Waals surface area contributed by atoms with Crippen LogP contribution >= 0.6 is 12.2 Å². The zero-order valence-electron chi connectivity index (χ0n) is 8.75. The van der Waals surface area contributed by atoms with Crippen molar-refractivity contribution in [2.45, 2.75) is 13.3 Å². The topological polar surface area (TPSA) is 35.6 Å². The third-order valence-corrected chi connectivity index (χ3v) is 2.67. The van der Waals surface area contributed by atoms with Gasteiger partial charge < -0.3 is 15.1 Å². The van der Waals surface area contributed by atoms with Crippen LogP contribution in [0, 0.1) is 0 Å². The Morgan fingerprint density at radius 1 is 1.57 bits per heavy atom. The summed E-state index contributed by atoms with van der Waals surface area (Å²) in [4.78, 5) is 15.0. The number of thiocarbonyl (C=S) groups is 1. The second-order valence-corrected chi connectivity index (χ2v) is 3.86. The first kappa shape index (κ1) is 11.2. The van der Waals surface area contributed by atoms with Gasteiger partial charge in [-0.25, -0.2) is 0 Å². The summed E-state index contributed by atoms with van der Waals surface area (Å²) in [6, 6.07) is 0. The summed E-state index contributed by atoms with van der Waals surface area (Å²) in [5.74, 6) is 0.136. The average molecular weight is 215 g/mol. The average Bonchev–Trinajstić information content (AvgIpc) is 2.18. The molecule has 0 spiro atoms. The Hall–Kier alpha value is -0.840. The van der Waals surface area contributed by atoms with Crippen LogP contribution in [0.5, 0.6) is 0 Å². The van der Waals surface area contributed by atoms with Gasteiger partial charge in [0.2, 0.25) is 5.91 Å². The number of likely N-dealkylation sites (N-methyl/N-ethyl adjacent to an activating group) is 1. The van der Waals surface area contributed by atoms with Gasteiger partial charge in [0.15, 0.2) is 5.11 Å². The second kappa shape index (κ2) is 5.14. The molecule has 0 atom stereocenters. The molecule has 5 heteroatoms. The summed E-state index contributed by atoms with van der Waals surface area (Å²) in [5.41, 5.74) is 0. The van der Waals surface area contributed by atoms with E-state index in [1.54, 1.807) is 4.90 Å². The maximum Gasteiger partial charge on any atom is 0.241 e. The van der Waals surface area contributed by atoms with Crippen LogP contribution in [0.25, 0.3) is 0 Å². The van der Waals surface area contributed by atoms with E-state index in [1.807, 2.05) is 11.9 Å². The molecule has 0 saturated carbocycles. The maximum atomic E-state index is 11.4. The zero-order valence-corrected chi connectivity index (χ0v) is 9.56. The molecule has 1 aliphatic heterocycles. The Bertz CT molecular complexity index is 232. The van der Waals surface area contributed by atoms with Crippen LogP contribution in [0.2, 0.25) is 0 Å². The highest BCUT2D eigenvalue weighted by atomic mass is 32.1. The number of carbonyl (C=O) groups is 1. The van der Waals surface area contributed by atoms with Gasteiger partial charge in [-0.1, -0.05) is 6.92 Å². The van der Waals surface area contributed by atoms with E-state index >= 15 is 0 Å². The van der Waals surface area contributed by atoms with Crippen molar-refractivity contribution in [1.82, 2.24) is 15.1 Å². The predicted octanol–water partition coefficient (Wildman–Crippen LogP) is 0.0449. The van der Waals surface area contributed by atoms with Crippen molar-refractivity contribution in [3.63, 3.8) is 0 Å². The molecule has 0 bridgehead atoms. The minimum Gasteiger partial charge on any atom is -0.363 e. The molecule has 0 radical (unpaired) electrons. The highest BCUT2D eigenvalue weighted by molar-refractivity contribution is 7.80. The van der Waals surface area contributed by atoms with Crippen LogP contribution in [0.3, 0.4) is 0 Å². The summed E-state index contributed by atoms with van der Waals surface area (Å²) in [6.45, 7) is 4.96. The lowest BCUT2D eigenvalue weighted by atomic mass is 10.3. The lowest BCUT2D eigenvalue weighted by Gasteiger charge is -2.33. The predicted molar refractivity (Wildman–Crippen MR) is 60.1 cm³/mol. The molecule has 0 aromatic rings. The Balaban J connectivity index is 2.38. The minimum absolute atomic E-state index is 0.136. The monoisotopic (exact) mass is 215 g/mol. The molecule has 80 valence electrons. The maximum absolute atomic E-state index is 11.4. The number of hydrogen-bond acceptors (Lipinski definition) is 2. The number of hydrogen-bond donors (Lipinski definition) is 1. The van der Waals surface area contributed by atoms with Gasteiger partial charge in [-0.2, -0.15) is 0 Å². The van der Waals surface area contributed by atoms with Gasteiger partial charge in [0, 0.05) is 26.7 Å². The lowest BCUT2D eigenvalue weighted by molar-refractivity contribution is -0.132. The van der Waals surface area contributed by atoms with Crippen molar-refractivity contribution in [1.29, 1.82) is 0 Å². The third kappa shape index (κ3) is 2.83. The molecule has 1 aliphatic rings. The fourth-order valence-corrected chi connectivity index (χ4v) is 1.53. The Labute approximate surface area is 90.2 Å². The molecule has 14 heavy (non-hydrogen) atoms. The highest BCUT2D eigenvalue weighted by Gasteiger charge is 2.22. The number of nitrogens with one attached hydrogen (secondary N) is 1. The van der Waals surface area contributed by atoms with E-state index in [0.717, 1.165) is 26.1 Å². The number of amides is 1. The largest absolute Gasteiger partial charge is 0.363 e. The Morgan fingerprint density at radius 2 is 2.29 bits per heavy atom. The lowest BCUT2D eigenvalue weighted by Crippen LogP contribution is -2.53. The summed E-state index contributed by atoms with van der Waals surface area (Å²) < 4.78 is 0. The zero-order chi connectivity index (χ0) is 10.6. The first-order valence-corrected chi connectivity index (χ1v) is 5.32. The molecule has 0 aliphatic carbocycles. The van der Waals surface area contributed by atoms with Crippen molar-refractivity contribution in [3.8, 4) is 0 Å². The summed E-state index contributed by atoms with van der Waals surface area (Å²) in [5, 5.41) is 3.83. The van der Waals surface area contributed by atoms with E-state index in [4.69, 9.17) is 12.2 Å². The quantitative estimate of drug-likeness (QED) is 0.660. The molecule has 1 amide bonds. The summed E-state index contributed by atoms with van der Waals surface area (Å²) in [7, 11) is 1.82. The number of piperazine rings is 1. The van der Waals surface area contributed by atoms with E-state index in [0.29, 0.717) is 11.7 Å². The standard InChI is InChI=1S/C9H17N3OS/c1-3-4-10-9(14)12-6-5-11(2)8(13)7-12/h3-7H2,1-2H3,(H,10,14). The Kier molecular flexibility index (Phi) is 4.13. The minimum atomic E-state index is 0.136. The Morgan fingerprint density at radius 3 is 2.86 bits per heavy atom. The fourth-order valence-electron chi connectivity index (χ4n) is 1.28. The molecule has 1 saturated heterocycles. The SMILES string of the molecule is CCCNC(=S)N1CCN(C)C(=O)C1. The molecule has 0 aromatic carbocycles. The fraction of sp³-hybridized carbons (Fsp3) is 0.778. The number of carbonyl (C=O) groups excluding carboxylic acids is 1. The normalized spacial score (nSPS) is 17.1. The van der Waals surface area contributed by atoms with Gasteiger partial charge in [0.25, 0.3) is 0 Å². The molecule has 0 unspecified atom stereocenters. The van der Waals surface area contributed by atoms with Gasteiger partial charge >= 0.3 is 0 Å². The summed E-state index contributed by atoms with van der Waals surface area (Å²) >= 11 is 5.18. The van der Waals surface area contributed by atoms with Gasteiger partial charge in [0.05, 0.1) is 6.54 Å². The van der Waals surface area contributed by atoms with Gasteiger partial charge in [-0.15, -0.1) is 0 Å². The van der Waals surface area contributed by atoms with Crippen molar-refractivity contribution in [2.75, 3.05) is 33.2 Å². The van der Waals surface area contributed by atoms with Gasteiger partial charge in [-0.05, 0) is 18.6 Å². The van der Waals surface area contributed by atoms with Crippen LogP contribution < -0.4 is 5.32 Å². The van der Waals surface area contributed by atoms with Crippen molar-refractivity contribution in [2.24, 2.45) is 0 Å². The molecule has 4 nitrogen and oxygen atoms in total. The van der Waals surface area contributed by atoms with Crippen LogP contribution in [-0.4, -0.2) is 54.0 Å². The summed E-state index contributed by atoms with van der Waals surface area (Å²) in [6.07, 6.45) is 1.04. The number of rotatable bonds is 2. The first-order valence-electron chi connectivity index (χ1n) is 4.92.